The van der Waals surface area contributed by atoms with Gasteiger partial charge in [-0.3, -0.25) is 4.79 Å². The molecule has 26 heavy (non-hydrogen) atoms. The Morgan fingerprint density at radius 1 is 1.31 bits per heavy atom. The predicted octanol–water partition coefficient (Wildman–Crippen LogP) is 2.84. The number of carbonyl (C=O) groups is 1. The maximum atomic E-state index is 12.5. The highest BCUT2D eigenvalue weighted by atomic mass is 16.5. The van der Waals surface area contributed by atoms with E-state index in [-0.39, 0.29) is 17.7 Å². The molecular formula is C21H31NO4. The molecule has 0 aliphatic heterocycles. The molecular weight excluding hydrogens is 330 g/mol. The first-order valence-electron chi connectivity index (χ1n) is 9.67. The molecule has 0 radical (unpaired) electrons. The van der Waals surface area contributed by atoms with Crippen molar-refractivity contribution in [3.8, 4) is 5.75 Å². The Morgan fingerprint density at radius 2 is 2.04 bits per heavy atom. The lowest BCUT2D eigenvalue weighted by Crippen LogP contribution is -2.38. The van der Waals surface area contributed by atoms with Gasteiger partial charge in [0, 0.05) is 25.0 Å². The number of nitrogens with one attached hydrogen (secondary N) is 1. The lowest BCUT2D eigenvalue weighted by atomic mass is 9.72. The van der Waals surface area contributed by atoms with Crippen molar-refractivity contribution in [3.05, 3.63) is 28.3 Å². The van der Waals surface area contributed by atoms with E-state index in [1.54, 1.807) is 7.11 Å². The van der Waals surface area contributed by atoms with Crippen molar-refractivity contribution in [2.75, 3.05) is 20.3 Å². The molecule has 0 bridgehead atoms. The lowest BCUT2D eigenvalue weighted by Gasteiger charge is -2.36. The zero-order valence-electron chi connectivity index (χ0n) is 16.3. The second-order valence-corrected chi connectivity index (χ2v) is 7.77. The van der Waals surface area contributed by atoms with Crippen molar-refractivity contribution in [3.63, 3.8) is 0 Å². The number of hydrogen-bond acceptors (Lipinski definition) is 4. The number of aryl methyl sites for hydroxylation is 1. The Kier molecular flexibility index (Phi) is 5.88. The number of methoxy groups -OCH3 is 1. The Hall–Kier alpha value is -1.59. The summed E-state index contributed by atoms with van der Waals surface area (Å²) in [6.45, 7) is 7.02. The summed E-state index contributed by atoms with van der Waals surface area (Å²) in [4.78, 5) is 12.5. The fourth-order valence-electron chi connectivity index (χ4n) is 4.04. The van der Waals surface area contributed by atoms with Crippen LogP contribution in [0.4, 0.5) is 0 Å². The van der Waals surface area contributed by atoms with Crippen molar-refractivity contribution >= 4 is 5.91 Å². The number of rotatable bonds is 7. The average molecular weight is 361 g/mol. The summed E-state index contributed by atoms with van der Waals surface area (Å²) < 4.78 is 10.9. The molecule has 1 aromatic carbocycles. The van der Waals surface area contributed by atoms with E-state index in [0.717, 1.165) is 48.1 Å². The molecule has 144 valence electrons. The number of aliphatic hydroxyl groups excluding tert-OH is 1. The highest BCUT2D eigenvalue weighted by molar-refractivity contribution is 5.79. The maximum Gasteiger partial charge on any atom is 0.223 e. The van der Waals surface area contributed by atoms with Gasteiger partial charge in [0.05, 0.1) is 12.7 Å². The van der Waals surface area contributed by atoms with Crippen LogP contribution in [0.2, 0.25) is 0 Å². The van der Waals surface area contributed by atoms with Crippen molar-refractivity contribution in [2.45, 2.75) is 58.6 Å². The zero-order valence-corrected chi connectivity index (χ0v) is 16.3. The third-order valence-corrected chi connectivity index (χ3v) is 5.88. The number of benzene rings is 1. The molecule has 1 amide bonds. The summed E-state index contributed by atoms with van der Waals surface area (Å²) >= 11 is 0. The van der Waals surface area contributed by atoms with Crippen LogP contribution in [0, 0.1) is 25.7 Å². The minimum atomic E-state index is -0.636. The van der Waals surface area contributed by atoms with Gasteiger partial charge >= 0.3 is 0 Å². The molecule has 3 atom stereocenters. The van der Waals surface area contributed by atoms with Crippen LogP contribution in [0.1, 0.15) is 54.5 Å². The van der Waals surface area contributed by atoms with Crippen molar-refractivity contribution in [1.29, 1.82) is 0 Å². The lowest BCUT2D eigenvalue weighted by molar-refractivity contribution is -0.128. The topological polar surface area (TPSA) is 67.8 Å². The van der Waals surface area contributed by atoms with E-state index in [9.17, 15) is 9.90 Å². The molecule has 0 spiro atoms. The highest BCUT2D eigenvalue weighted by Crippen LogP contribution is 2.44. The van der Waals surface area contributed by atoms with Gasteiger partial charge < -0.3 is 19.9 Å². The Bertz CT molecular complexity index is 668. The van der Waals surface area contributed by atoms with E-state index >= 15 is 0 Å². The quantitative estimate of drug-likeness (QED) is 0.733. The van der Waals surface area contributed by atoms with Gasteiger partial charge in [-0.1, -0.05) is 6.92 Å². The molecule has 0 saturated heterocycles. The second kappa shape index (κ2) is 7.97. The first-order valence-corrected chi connectivity index (χ1v) is 9.67. The van der Waals surface area contributed by atoms with Crippen LogP contribution in [0.3, 0.4) is 0 Å². The van der Waals surface area contributed by atoms with Crippen LogP contribution >= 0.6 is 0 Å². The number of ether oxygens (including phenoxy) is 2. The van der Waals surface area contributed by atoms with E-state index in [4.69, 9.17) is 9.47 Å². The summed E-state index contributed by atoms with van der Waals surface area (Å²) in [5.74, 6) is 0.611. The van der Waals surface area contributed by atoms with E-state index in [0.29, 0.717) is 19.3 Å². The van der Waals surface area contributed by atoms with Gasteiger partial charge in [0.2, 0.25) is 5.91 Å². The van der Waals surface area contributed by atoms with Crippen LogP contribution < -0.4 is 10.1 Å². The molecule has 5 heteroatoms. The Balaban J connectivity index is 1.82. The first-order chi connectivity index (χ1) is 12.4. The highest BCUT2D eigenvalue weighted by Gasteiger charge is 2.38. The molecule has 2 N–H and O–H groups in total. The van der Waals surface area contributed by atoms with Crippen LogP contribution in [-0.4, -0.2) is 37.4 Å². The van der Waals surface area contributed by atoms with Crippen LogP contribution in [-0.2, 0) is 16.0 Å². The zero-order chi connectivity index (χ0) is 18.8. The van der Waals surface area contributed by atoms with Crippen LogP contribution in [0.5, 0.6) is 5.75 Å². The third-order valence-electron chi connectivity index (χ3n) is 5.88. The second-order valence-electron chi connectivity index (χ2n) is 7.77. The van der Waals surface area contributed by atoms with Gasteiger partial charge in [-0.25, -0.2) is 0 Å². The molecule has 0 heterocycles. The van der Waals surface area contributed by atoms with Crippen molar-refractivity contribution in [2.24, 2.45) is 11.8 Å². The molecule has 1 fully saturated rings. The normalized spacial score (nSPS) is 23.3. The molecule has 2 aliphatic rings. The standard InChI is InChI=1S/C21H31NO4/c1-12-11-18(26-10-9-25-4)14(3)19-16(12)7-8-17(20(19)23)13(2)21(24)22-15-5-6-15/h11,13,15,17,20,23H,5-10H2,1-4H3,(H,22,24). The van der Waals surface area contributed by atoms with Gasteiger partial charge in [0.15, 0.2) is 0 Å². The maximum absolute atomic E-state index is 12.5. The average Bonchev–Trinajstić information content (AvgIpc) is 3.42. The summed E-state index contributed by atoms with van der Waals surface area (Å²) in [6, 6.07) is 2.41. The number of fused-ring (bicyclic) bond motifs is 1. The monoisotopic (exact) mass is 361 g/mol. The number of aliphatic hydroxyl groups is 1. The molecule has 0 aromatic heterocycles. The number of hydrogen-bond donors (Lipinski definition) is 2. The Morgan fingerprint density at radius 3 is 2.69 bits per heavy atom. The van der Waals surface area contributed by atoms with E-state index in [1.807, 2.05) is 13.8 Å². The molecule has 2 aliphatic carbocycles. The van der Waals surface area contributed by atoms with Crippen LogP contribution in [0.25, 0.3) is 0 Å². The molecule has 5 nitrogen and oxygen atoms in total. The molecule has 3 unspecified atom stereocenters. The molecule has 1 aromatic rings. The van der Waals surface area contributed by atoms with Crippen molar-refractivity contribution in [1.82, 2.24) is 5.32 Å². The fraction of sp³-hybridized carbons (Fsp3) is 0.667. The van der Waals surface area contributed by atoms with E-state index in [1.165, 1.54) is 5.56 Å². The summed E-state index contributed by atoms with van der Waals surface area (Å²) in [5.41, 5.74) is 4.29. The molecule has 3 rings (SSSR count). The van der Waals surface area contributed by atoms with E-state index in [2.05, 4.69) is 18.3 Å². The number of carbonyl (C=O) groups excluding carboxylic acids is 1. The predicted molar refractivity (Wildman–Crippen MR) is 100 cm³/mol. The SMILES string of the molecule is COCCOc1cc(C)c2c(c1C)C(O)C(C(C)C(=O)NC1CC1)CC2. The summed E-state index contributed by atoms with van der Waals surface area (Å²) in [6.07, 6.45) is 3.24. The van der Waals surface area contributed by atoms with Crippen molar-refractivity contribution < 1.29 is 19.4 Å². The van der Waals surface area contributed by atoms with Gasteiger partial charge in [0.1, 0.15) is 12.4 Å². The smallest absolute Gasteiger partial charge is 0.223 e. The summed E-state index contributed by atoms with van der Waals surface area (Å²) in [7, 11) is 1.65. The summed E-state index contributed by atoms with van der Waals surface area (Å²) in [5, 5.41) is 14.2. The minimum Gasteiger partial charge on any atom is -0.491 e. The van der Waals surface area contributed by atoms with Gasteiger partial charge in [0.25, 0.3) is 0 Å². The van der Waals surface area contributed by atoms with Gasteiger partial charge in [-0.2, -0.15) is 0 Å². The largest absolute Gasteiger partial charge is 0.491 e. The third kappa shape index (κ3) is 3.89. The minimum absolute atomic E-state index is 0.0615. The van der Waals surface area contributed by atoms with E-state index < -0.39 is 6.10 Å². The van der Waals surface area contributed by atoms with Gasteiger partial charge in [-0.15, -0.1) is 0 Å². The number of amides is 1. The van der Waals surface area contributed by atoms with Gasteiger partial charge in [-0.05, 0) is 67.9 Å². The molecule has 1 saturated carbocycles. The fourth-order valence-corrected chi connectivity index (χ4v) is 4.04. The Labute approximate surface area is 156 Å². The van der Waals surface area contributed by atoms with Crippen LogP contribution in [0.15, 0.2) is 6.07 Å². The first kappa shape index (κ1) is 19.2.